The topological polar surface area (TPSA) is 37.3 Å². The van der Waals surface area contributed by atoms with Gasteiger partial charge < -0.3 is 5.11 Å². The fourth-order valence-electron chi connectivity index (χ4n) is 2.12. The van der Waals surface area contributed by atoms with E-state index < -0.39 is 5.97 Å². The van der Waals surface area contributed by atoms with Crippen molar-refractivity contribution in [1.29, 1.82) is 0 Å². The molecule has 0 spiro atoms. The van der Waals surface area contributed by atoms with Crippen molar-refractivity contribution < 1.29 is 9.90 Å². The van der Waals surface area contributed by atoms with E-state index in [1.807, 2.05) is 13.8 Å². The number of hydrogen-bond acceptors (Lipinski definition) is 1. The van der Waals surface area contributed by atoms with Crippen LogP contribution < -0.4 is 0 Å². The van der Waals surface area contributed by atoms with Crippen LogP contribution in [0.2, 0.25) is 0 Å². The molecule has 0 radical (unpaired) electrons. The van der Waals surface area contributed by atoms with Gasteiger partial charge in [0.2, 0.25) is 0 Å². The Bertz CT molecular complexity index is 233. The Balaban J connectivity index is -0.000000124. The quantitative estimate of drug-likeness (QED) is 0.437. The minimum atomic E-state index is -0.713. The summed E-state index contributed by atoms with van der Waals surface area (Å²) in [4.78, 5) is 9.81. The zero-order valence-corrected chi connectivity index (χ0v) is 20.3. The van der Waals surface area contributed by atoms with Crippen LogP contribution in [0.15, 0.2) is 0 Å². The second-order valence-corrected chi connectivity index (χ2v) is 8.89. The molecule has 0 saturated heterocycles. The summed E-state index contributed by atoms with van der Waals surface area (Å²) in [5.74, 6) is 2.26. The molecule has 26 heavy (non-hydrogen) atoms. The number of carboxylic acids is 1. The molecule has 0 bridgehead atoms. The molecule has 0 aliphatic carbocycles. The Labute approximate surface area is 167 Å². The number of aliphatic carboxylic acids is 1. The predicted octanol–water partition coefficient (Wildman–Crippen LogP) is 8.83. The maximum Gasteiger partial charge on any atom is 0.303 e. The lowest BCUT2D eigenvalue weighted by Gasteiger charge is -1.98. The zero-order valence-electron chi connectivity index (χ0n) is 20.3. The minimum absolute atomic E-state index is 0.275. The molecule has 0 saturated carbocycles. The first-order valence-electron chi connectivity index (χ1n) is 11.2. The Morgan fingerprint density at radius 1 is 0.615 bits per heavy atom. The summed E-state index contributed by atoms with van der Waals surface area (Å²) < 4.78 is 0. The highest BCUT2D eigenvalue weighted by Gasteiger charge is 1.98. The van der Waals surface area contributed by atoms with E-state index in [1.54, 1.807) is 0 Å². The number of carboxylic acid groups (broad SMARTS) is 1. The first kappa shape index (κ1) is 33.1. The van der Waals surface area contributed by atoms with Crippen LogP contribution in [0.3, 0.4) is 0 Å². The monoisotopic (exact) mass is 374 g/mol. The second-order valence-electron chi connectivity index (χ2n) is 8.89. The Morgan fingerprint density at radius 2 is 0.962 bits per heavy atom. The molecule has 0 atom stereocenters. The van der Waals surface area contributed by atoms with E-state index in [0.717, 1.165) is 17.8 Å². The number of carbonyl (C=O) groups is 1. The number of unbranched alkanes of at least 4 members (excludes halogenated alkanes) is 1. The third-order valence-corrected chi connectivity index (χ3v) is 3.45. The second kappa shape index (κ2) is 26.7. The van der Waals surface area contributed by atoms with Gasteiger partial charge in [-0.1, -0.05) is 121 Å². The van der Waals surface area contributed by atoms with Crippen LogP contribution in [0.25, 0.3) is 0 Å². The van der Waals surface area contributed by atoms with E-state index in [1.165, 1.54) is 44.9 Å². The van der Waals surface area contributed by atoms with E-state index >= 15 is 0 Å². The van der Waals surface area contributed by atoms with Crippen molar-refractivity contribution in [1.82, 2.24) is 0 Å². The van der Waals surface area contributed by atoms with Crippen molar-refractivity contribution >= 4 is 5.97 Å². The van der Waals surface area contributed by atoms with Crippen LogP contribution >= 0.6 is 0 Å². The van der Waals surface area contributed by atoms with Gasteiger partial charge in [-0.15, -0.1) is 0 Å². The molecule has 0 aliphatic heterocycles. The molecule has 0 heterocycles. The van der Waals surface area contributed by atoms with Gasteiger partial charge in [0.25, 0.3) is 0 Å². The number of hydrogen-bond donors (Lipinski definition) is 1. The lowest BCUT2D eigenvalue weighted by atomic mass is 10.1. The SMILES string of the molecule is CC(C)CC(=O)O.CCCC(C)C.CCCC(C)C.CCCCC(C)C. The summed E-state index contributed by atoms with van der Waals surface area (Å²) in [6.07, 6.45) is 9.84. The van der Waals surface area contributed by atoms with Crippen LogP contribution in [-0.2, 0) is 4.79 Å². The van der Waals surface area contributed by atoms with Crippen molar-refractivity contribution in [3.05, 3.63) is 0 Å². The predicted molar refractivity (Wildman–Crippen MR) is 121 cm³/mol. The normalized spacial score (nSPS) is 9.96. The van der Waals surface area contributed by atoms with Crippen LogP contribution in [-0.4, -0.2) is 11.1 Å². The third kappa shape index (κ3) is 65.3. The first-order chi connectivity index (χ1) is 11.9. The van der Waals surface area contributed by atoms with Crippen LogP contribution in [0.4, 0.5) is 0 Å². The fourth-order valence-corrected chi connectivity index (χ4v) is 2.12. The van der Waals surface area contributed by atoms with Gasteiger partial charge in [-0.2, -0.15) is 0 Å². The highest BCUT2D eigenvalue weighted by molar-refractivity contribution is 5.66. The van der Waals surface area contributed by atoms with E-state index in [9.17, 15) is 4.79 Å². The first-order valence-corrected chi connectivity index (χ1v) is 11.2. The smallest absolute Gasteiger partial charge is 0.303 e. The Kier molecular flexibility index (Phi) is 34.0. The zero-order chi connectivity index (χ0) is 21.5. The summed E-state index contributed by atoms with van der Waals surface area (Å²) in [5, 5.41) is 8.08. The van der Waals surface area contributed by atoms with Gasteiger partial charge in [-0.05, 0) is 23.7 Å². The molecule has 0 rings (SSSR count). The van der Waals surface area contributed by atoms with E-state index in [4.69, 9.17) is 5.11 Å². The van der Waals surface area contributed by atoms with Crippen LogP contribution in [0.1, 0.15) is 128 Å². The molecule has 1 N–H and O–H groups in total. The maximum absolute atomic E-state index is 9.81. The average molecular weight is 375 g/mol. The summed E-state index contributed by atoms with van der Waals surface area (Å²) in [6.45, 7) is 24.0. The molecule has 0 aromatic carbocycles. The van der Waals surface area contributed by atoms with Gasteiger partial charge in [-0.3, -0.25) is 4.79 Å². The van der Waals surface area contributed by atoms with Gasteiger partial charge >= 0.3 is 5.97 Å². The number of rotatable bonds is 9. The van der Waals surface area contributed by atoms with Crippen LogP contribution in [0.5, 0.6) is 0 Å². The standard InChI is InChI=1S/C7H16.2C6H14.C5H10O2/c1-4-5-6-7(2)3;2*1-4-5-6(2)3;1-4(2)3-5(6)7/h7H,4-6H2,1-3H3;2*6H,4-5H2,1-3H3;4H,3H2,1-2H3,(H,6,7). The van der Waals surface area contributed by atoms with Crippen molar-refractivity contribution in [2.24, 2.45) is 23.7 Å². The lowest BCUT2D eigenvalue weighted by molar-refractivity contribution is -0.137. The molecule has 0 aromatic heterocycles. The van der Waals surface area contributed by atoms with Gasteiger partial charge in [0.15, 0.2) is 0 Å². The largest absolute Gasteiger partial charge is 0.481 e. The van der Waals surface area contributed by atoms with Gasteiger partial charge in [0.1, 0.15) is 0 Å². The highest BCUT2D eigenvalue weighted by Crippen LogP contribution is 2.04. The van der Waals surface area contributed by atoms with Gasteiger partial charge in [0.05, 0.1) is 0 Å². The molecule has 0 amide bonds. The van der Waals surface area contributed by atoms with E-state index in [0.29, 0.717) is 0 Å². The van der Waals surface area contributed by atoms with E-state index in [2.05, 4.69) is 62.3 Å². The van der Waals surface area contributed by atoms with Gasteiger partial charge in [0, 0.05) is 6.42 Å². The van der Waals surface area contributed by atoms with Gasteiger partial charge in [-0.25, -0.2) is 0 Å². The summed E-state index contributed by atoms with van der Waals surface area (Å²) in [7, 11) is 0. The van der Waals surface area contributed by atoms with Crippen molar-refractivity contribution in [2.75, 3.05) is 0 Å². The Hall–Kier alpha value is -0.530. The Morgan fingerprint density at radius 3 is 1.00 bits per heavy atom. The van der Waals surface area contributed by atoms with Crippen molar-refractivity contribution in [2.45, 2.75) is 128 Å². The van der Waals surface area contributed by atoms with Crippen molar-refractivity contribution in [3.63, 3.8) is 0 Å². The third-order valence-electron chi connectivity index (χ3n) is 3.45. The lowest BCUT2D eigenvalue weighted by Crippen LogP contribution is -1.99. The molecular formula is C24H54O2. The van der Waals surface area contributed by atoms with Crippen molar-refractivity contribution in [3.8, 4) is 0 Å². The minimum Gasteiger partial charge on any atom is -0.481 e. The molecule has 0 aromatic rings. The fraction of sp³-hybridized carbons (Fsp3) is 0.958. The van der Waals surface area contributed by atoms with Crippen LogP contribution in [0, 0.1) is 23.7 Å². The molecule has 0 fully saturated rings. The molecule has 0 unspecified atom stereocenters. The summed E-state index contributed by atoms with van der Waals surface area (Å²) in [5.41, 5.74) is 0. The molecule has 2 heteroatoms. The molecular weight excluding hydrogens is 320 g/mol. The maximum atomic E-state index is 9.81. The highest BCUT2D eigenvalue weighted by atomic mass is 16.4. The summed E-state index contributed by atoms with van der Waals surface area (Å²) in [6, 6.07) is 0. The van der Waals surface area contributed by atoms with E-state index in [-0.39, 0.29) is 12.3 Å². The molecule has 2 nitrogen and oxygen atoms in total. The summed E-state index contributed by atoms with van der Waals surface area (Å²) >= 11 is 0. The molecule has 162 valence electrons. The molecule has 0 aliphatic rings. The average Bonchev–Trinajstić information content (AvgIpc) is 2.45.